The van der Waals surface area contributed by atoms with Crippen LogP contribution in [-0.2, 0) is 9.59 Å². The van der Waals surface area contributed by atoms with Crippen molar-refractivity contribution < 1.29 is 14.4 Å². The fourth-order valence-corrected chi connectivity index (χ4v) is 1.72. The number of hydrogen-bond donors (Lipinski definition) is 2. The van der Waals surface area contributed by atoms with Gasteiger partial charge in [-0.1, -0.05) is 23.7 Å². The highest BCUT2D eigenvalue weighted by molar-refractivity contribution is 6.33. The second kappa shape index (κ2) is 5.05. The molecule has 0 aliphatic carbocycles. The van der Waals surface area contributed by atoms with E-state index in [1.807, 2.05) is 0 Å². The maximum absolute atomic E-state index is 11.8. The third-order valence-corrected chi connectivity index (χ3v) is 2.68. The number of rotatable bonds is 1. The number of imide groups is 1. The summed E-state index contributed by atoms with van der Waals surface area (Å²) in [5.41, 5.74) is 0.433. The van der Waals surface area contributed by atoms with Gasteiger partial charge in [-0.25, -0.2) is 4.79 Å². The molecule has 1 aromatic rings. The number of nitrogens with zero attached hydrogens (tertiary/aromatic N) is 1. The van der Waals surface area contributed by atoms with Crippen molar-refractivity contribution in [2.75, 3.05) is 18.4 Å². The Bertz CT molecular complexity index is 502. The van der Waals surface area contributed by atoms with Gasteiger partial charge in [0.25, 0.3) is 0 Å². The molecule has 1 aliphatic rings. The summed E-state index contributed by atoms with van der Waals surface area (Å²) in [6.45, 7) is -0.302. The van der Waals surface area contributed by atoms with E-state index in [0.29, 0.717) is 10.7 Å². The van der Waals surface area contributed by atoms with Gasteiger partial charge >= 0.3 is 6.03 Å². The molecule has 1 saturated heterocycles. The first-order valence-corrected chi connectivity index (χ1v) is 5.57. The third kappa shape index (κ3) is 2.78. The summed E-state index contributed by atoms with van der Waals surface area (Å²) in [7, 11) is 0. The lowest BCUT2D eigenvalue weighted by Crippen LogP contribution is -2.54. The highest BCUT2D eigenvalue weighted by atomic mass is 35.5. The van der Waals surface area contributed by atoms with Gasteiger partial charge in [0.1, 0.15) is 13.1 Å². The van der Waals surface area contributed by atoms with Gasteiger partial charge in [-0.2, -0.15) is 0 Å². The van der Waals surface area contributed by atoms with Crippen molar-refractivity contribution in [2.24, 2.45) is 0 Å². The molecule has 0 saturated carbocycles. The topological polar surface area (TPSA) is 78.5 Å². The van der Waals surface area contributed by atoms with Gasteiger partial charge in [0, 0.05) is 0 Å². The lowest BCUT2D eigenvalue weighted by Gasteiger charge is -2.25. The first-order valence-electron chi connectivity index (χ1n) is 5.19. The summed E-state index contributed by atoms with van der Waals surface area (Å²) in [6.07, 6.45) is 0. The number of piperazine rings is 1. The molecule has 7 heteroatoms. The molecule has 0 bridgehead atoms. The zero-order chi connectivity index (χ0) is 13.1. The molecule has 0 aromatic heterocycles. The van der Waals surface area contributed by atoms with Crippen LogP contribution in [0.3, 0.4) is 0 Å². The van der Waals surface area contributed by atoms with Gasteiger partial charge in [0.05, 0.1) is 10.7 Å². The molecule has 0 atom stereocenters. The SMILES string of the molecule is O=C1CN(C(=O)Nc2ccccc2Cl)CC(=O)N1. The standard InChI is InChI=1S/C11H10ClN3O3/c12-7-3-1-2-4-8(7)13-11(18)15-5-9(16)14-10(17)6-15/h1-4H,5-6H2,(H,13,18)(H,14,16,17). The largest absolute Gasteiger partial charge is 0.322 e. The monoisotopic (exact) mass is 267 g/mol. The van der Waals surface area contributed by atoms with Gasteiger partial charge in [-0.3, -0.25) is 14.9 Å². The Balaban J connectivity index is 2.06. The van der Waals surface area contributed by atoms with E-state index in [1.54, 1.807) is 24.3 Å². The zero-order valence-electron chi connectivity index (χ0n) is 9.27. The van der Waals surface area contributed by atoms with E-state index in [9.17, 15) is 14.4 Å². The van der Waals surface area contributed by atoms with Crippen LogP contribution < -0.4 is 10.6 Å². The average Bonchev–Trinajstić information content (AvgIpc) is 2.31. The fourth-order valence-electron chi connectivity index (χ4n) is 1.54. The Morgan fingerprint density at radius 3 is 2.44 bits per heavy atom. The molecule has 94 valence electrons. The molecule has 0 spiro atoms. The first kappa shape index (κ1) is 12.4. The molecule has 1 aromatic carbocycles. The second-order valence-corrected chi connectivity index (χ2v) is 4.14. The normalized spacial score (nSPS) is 15.3. The number of carbonyl (C=O) groups is 3. The number of benzene rings is 1. The van der Waals surface area contributed by atoms with Gasteiger partial charge < -0.3 is 10.2 Å². The number of nitrogens with one attached hydrogen (secondary N) is 2. The Hall–Kier alpha value is -2.08. The summed E-state index contributed by atoms with van der Waals surface area (Å²) in [5, 5.41) is 5.05. The second-order valence-electron chi connectivity index (χ2n) is 3.74. The van der Waals surface area contributed by atoms with Crippen molar-refractivity contribution >= 4 is 35.1 Å². The summed E-state index contributed by atoms with van der Waals surface area (Å²) in [4.78, 5) is 35.2. The Kier molecular flexibility index (Phi) is 3.47. The molecule has 1 heterocycles. The number of urea groups is 1. The van der Waals surface area contributed by atoms with Crippen LogP contribution in [0.2, 0.25) is 5.02 Å². The summed E-state index contributed by atoms with van der Waals surface area (Å²) in [5.74, 6) is -0.999. The third-order valence-electron chi connectivity index (χ3n) is 2.35. The van der Waals surface area contributed by atoms with Crippen molar-refractivity contribution in [1.29, 1.82) is 0 Å². The molecular weight excluding hydrogens is 258 g/mol. The van der Waals surface area contributed by atoms with E-state index in [0.717, 1.165) is 4.90 Å². The highest BCUT2D eigenvalue weighted by Crippen LogP contribution is 2.20. The van der Waals surface area contributed by atoms with E-state index in [4.69, 9.17) is 11.6 Å². The fraction of sp³-hybridized carbons (Fsp3) is 0.182. The van der Waals surface area contributed by atoms with Crippen LogP contribution in [-0.4, -0.2) is 35.8 Å². The minimum atomic E-state index is -0.536. The van der Waals surface area contributed by atoms with Gasteiger partial charge in [0.2, 0.25) is 11.8 Å². The lowest BCUT2D eigenvalue weighted by atomic mass is 10.3. The van der Waals surface area contributed by atoms with E-state index < -0.39 is 17.8 Å². The van der Waals surface area contributed by atoms with Crippen LogP contribution in [0.15, 0.2) is 24.3 Å². The Morgan fingerprint density at radius 2 is 1.83 bits per heavy atom. The van der Waals surface area contributed by atoms with Gasteiger partial charge in [-0.15, -0.1) is 0 Å². The molecule has 6 nitrogen and oxygen atoms in total. The number of halogens is 1. The minimum Gasteiger partial charge on any atom is -0.306 e. The van der Waals surface area contributed by atoms with Crippen LogP contribution in [0.25, 0.3) is 0 Å². The van der Waals surface area contributed by atoms with Crippen molar-refractivity contribution in [1.82, 2.24) is 10.2 Å². The summed E-state index contributed by atoms with van der Waals surface area (Å²) < 4.78 is 0. The van der Waals surface area contributed by atoms with E-state index >= 15 is 0 Å². The van der Waals surface area contributed by atoms with Crippen LogP contribution in [0.1, 0.15) is 0 Å². The number of amides is 4. The van der Waals surface area contributed by atoms with Crippen LogP contribution >= 0.6 is 11.6 Å². The molecule has 0 unspecified atom stereocenters. The molecule has 1 aliphatic heterocycles. The van der Waals surface area contributed by atoms with Crippen LogP contribution in [0.5, 0.6) is 0 Å². The molecule has 2 N–H and O–H groups in total. The Labute approximate surface area is 108 Å². The summed E-state index contributed by atoms with van der Waals surface area (Å²) >= 11 is 5.89. The predicted octanol–water partition coefficient (Wildman–Crippen LogP) is 0.830. The van der Waals surface area contributed by atoms with Crippen LogP contribution in [0, 0.1) is 0 Å². The molecule has 4 amide bonds. The quantitative estimate of drug-likeness (QED) is 0.740. The smallest absolute Gasteiger partial charge is 0.306 e. The molecule has 1 fully saturated rings. The average molecular weight is 268 g/mol. The summed E-state index contributed by atoms with van der Waals surface area (Å²) in [6, 6.07) is 6.18. The van der Waals surface area contributed by atoms with E-state index in [1.165, 1.54) is 0 Å². The van der Waals surface area contributed by atoms with Crippen molar-refractivity contribution in [3.8, 4) is 0 Å². The van der Waals surface area contributed by atoms with E-state index in [2.05, 4.69) is 10.6 Å². The maximum atomic E-state index is 11.8. The molecule has 0 radical (unpaired) electrons. The molecule has 2 rings (SSSR count). The number of carbonyl (C=O) groups excluding carboxylic acids is 3. The van der Waals surface area contributed by atoms with Crippen molar-refractivity contribution in [3.63, 3.8) is 0 Å². The lowest BCUT2D eigenvalue weighted by molar-refractivity contribution is -0.134. The van der Waals surface area contributed by atoms with Crippen LogP contribution in [0.4, 0.5) is 10.5 Å². The minimum absolute atomic E-state index is 0.151. The highest BCUT2D eigenvalue weighted by Gasteiger charge is 2.26. The Morgan fingerprint density at radius 1 is 1.22 bits per heavy atom. The van der Waals surface area contributed by atoms with E-state index in [-0.39, 0.29) is 13.1 Å². The predicted molar refractivity (Wildman–Crippen MR) is 65.2 cm³/mol. The number of anilines is 1. The number of hydrogen-bond acceptors (Lipinski definition) is 3. The zero-order valence-corrected chi connectivity index (χ0v) is 10.0. The molecule has 18 heavy (non-hydrogen) atoms. The van der Waals surface area contributed by atoms with Gasteiger partial charge in [-0.05, 0) is 12.1 Å². The molecular formula is C11H10ClN3O3. The number of para-hydroxylation sites is 1. The van der Waals surface area contributed by atoms with Crippen molar-refractivity contribution in [2.45, 2.75) is 0 Å². The van der Waals surface area contributed by atoms with Gasteiger partial charge in [0.15, 0.2) is 0 Å². The van der Waals surface area contributed by atoms with Crippen molar-refractivity contribution in [3.05, 3.63) is 29.3 Å². The first-order chi connectivity index (χ1) is 8.56. The maximum Gasteiger partial charge on any atom is 0.322 e.